The van der Waals surface area contributed by atoms with Crippen LogP contribution in [0.15, 0.2) is 23.1 Å². The van der Waals surface area contributed by atoms with E-state index in [1.807, 2.05) is 0 Å². The van der Waals surface area contributed by atoms with Crippen LogP contribution < -0.4 is 10.2 Å². The molecule has 5 fully saturated rings. The summed E-state index contributed by atoms with van der Waals surface area (Å²) in [6.45, 7) is 4.74. The van der Waals surface area contributed by atoms with E-state index in [0.717, 1.165) is 23.4 Å². The first-order chi connectivity index (χ1) is 15.7. The van der Waals surface area contributed by atoms with Gasteiger partial charge >= 0.3 is 0 Å². The van der Waals surface area contributed by atoms with Gasteiger partial charge in [0.25, 0.3) is 5.91 Å². The van der Waals surface area contributed by atoms with Crippen LogP contribution in [0.3, 0.4) is 0 Å². The van der Waals surface area contributed by atoms with Gasteiger partial charge in [-0.15, -0.1) is 0 Å². The number of benzene rings is 1. The Morgan fingerprint density at radius 1 is 1.09 bits per heavy atom. The maximum absolute atomic E-state index is 13.7. The number of amides is 1. The van der Waals surface area contributed by atoms with Gasteiger partial charge in [0.15, 0.2) is 0 Å². The lowest BCUT2D eigenvalue weighted by atomic mass is 9.48. The molecule has 33 heavy (non-hydrogen) atoms. The fraction of sp³-hybridized carbons (Fsp3) is 0.720. The number of carbonyl (C=O) groups is 1. The zero-order valence-electron chi connectivity index (χ0n) is 20.0. The van der Waals surface area contributed by atoms with Crippen molar-refractivity contribution < 1.29 is 17.9 Å². The van der Waals surface area contributed by atoms with Crippen molar-refractivity contribution >= 4 is 21.6 Å². The Bertz CT molecular complexity index is 981. The molecule has 4 bridgehead atoms. The van der Waals surface area contributed by atoms with Crippen LogP contribution in [0, 0.1) is 23.2 Å². The Balaban J connectivity index is 1.44. The number of sulfonamides is 1. The zero-order valence-corrected chi connectivity index (χ0v) is 20.9. The molecule has 7 nitrogen and oxygen atoms in total. The van der Waals surface area contributed by atoms with Crippen molar-refractivity contribution in [2.24, 2.45) is 23.2 Å². The lowest BCUT2D eigenvalue weighted by molar-refractivity contribution is -0.0688. The van der Waals surface area contributed by atoms with Gasteiger partial charge in [-0.1, -0.05) is 0 Å². The first kappa shape index (κ1) is 23.1. The summed E-state index contributed by atoms with van der Waals surface area (Å²) < 4.78 is 32.3. The summed E-state index contributed by atoms with van der Waals surface area (Å²) in [5.41, 5.74) is 1.42. The third kappa shape index (κ3) is 4.19. The summed E-state index contributed by atoms with van der Waals surface area (Å²) in [5, 5.41) is 3.34. The molecule has 4 saturated carbocycles. The van der Waals surface area contributed by atoms with Crippen LogP contribution in [0.4, 0.5) is 5.69 Å². The Labute approximate surface area is 197 Å². The molecule has 4 aliphatic carbocycles. The SMILES string of the molecule is CC(NC(=O)c1cc(S(=O)(=O)N(C)C)ccc1N1CCOCC1)C12CC3CC(CC(C3)C1)C2. The molecule has 182 valence electrons. The maximum Gasteiger partial charge on any atom is 0.253 e. The molecule has 1 heterocycles. The monoisotopic (exact) mass is 475 g/mol. The second-order valence-electron chi connectivity index (χ2n) is 11.0. The van der Waals surface area contributed by atoms with Gasteiger partial charge in [-0.05, 0) is 86.8 Å². The topological polar surface area (TPSA) is 79.0 Å². The van der Waals surface area contributed by atoms with E-state index in [1.54, 1.807) is 18.2 Å². The minimum atomic E-state index is -3.64. The van der Waals surface area contributed by atoms with Gasteiger partial charge in [-0.25, -0.2) is 12.7 Å². The quantitative estimate of drug-likeness (QED) is 0.684. The number of rotatable bonds is 6. The second kappa shape index (κ2) is 8.54. The molecule has 1 aromatic rings. The average Bonchev–Trinajstić information content (AvgIpc) is 2.78. The molecule has 1 aromatic carbocycles. The van der Waals surface area contributed by atoms with Crippen LogP contribution >= 0.6 is 0 Å². The highest BCUT2D eigenvalue weighted by Crippen LogP contribution is 2.61. The molecule has 0 radical (unpaired) electrons. The van der Waals surface area contributed by atoms with Crippen molar-refractivity contribution in [1.29, 1.82) is 0 Å². The largest absolute Gasteiger partial charge is 0.378 e. The van der Waals surface area contributed by atoms with Gasteiger partial charge in [0.2, 0.25) is 10.0 Å². The van der Waals surface area contributed by atoms with Gasteiger partial charge in [0.05, 0.1) is 23.7 Å². The van der Waals surface area contributed by atoms with E-state index in [1.165, 1.54) is 56.9 Å². The van der Waals surface area contributed by atoms with Crippen LogP contribution in [-0.2, 0) is 14.8 Å². The van der Waals surface area contributed by atoms with Crippen LogP contribution in [-0.4, -0.2) is 65.1 Å². The standard InChI is InChI=1S/C25H37N3O4S/c1-17(25-14-18-10-19(15-25)12-20(11-18)16-25)26-24(29)22-13-21(33(30,31)27(2)3)4-5-23(22)28-6-8-32-9-7-28/h4-5,13,17-20H,6-12,14-16H2,1-3H3,(H,26,29). The molecule has 6 rings (SSSR count). The molecular weight excluding hydrogens is 438 g/mol. The van der Waals surface area contributed by atoms with Gasteiger partial charge < -0.3 is 15.0 Å². The molecule has 0 aromatic heterocycles. The van der Waals surface area contributed by atoms with Crippen LogP contribution in [0.5, 0.6) is 0 Å². The number of ether oxygens (including phenoxy) is 1. The number of hydrogen-bond donors (Lipinski definition) is 1. The summed E-state index contributed by atoms with van der Waals surface area (Å²) in [6, 6.07) is 5.03. The van der Waals surface area contributed by atoms with Gasteiger partial charge in [0, 0.05) is 38.9 Å². The van der Waals surface area contributed by atoms with Crippen LogP contribution in [0.1, 0.15) is 55.8 Å². The number of morpholine rings is 1. The fourth-order valence-corrected chi connectivity index (χ4v) is 8.21. The van der Waals surface area contributed by atoms with E-state index < -0.39 is 10.0 Å². The Kier molecular flexibility index (Phi) is 5.98. The molecule has 1 saturated heterocycles. The molecule has 1 aliphatic heterocycles. The molecule has 1 N–H and O–H groups in total. The van der Waals surface area contributed by atoms with E-state index >= 15 is 0 Å². The number of anilines is 1. The molecule has 5 aliphatic rings. The third-order valence-electron chi connectivity index (χ3n) is 8.69. The molecule has 1 unspecified atom stereocenters. The highest BCUT2D eigenvalue weighted by Gasteiger charge is 2.53. The summed E-state index contributed by atoms with van der Waals surface area (Å²) in [6.07, 6.45) is 7.74. The van der Waals surface area contributed by atoms with E-state index in [2.05, 4.69) is 17.1 Å². The summed E-state index contributed by atoms with van der Waals surface area (Å²) >= 11 is 0. The van der Waals surface area contributed by atoms with Crippen molar-refractivity contribution in [2.75, 3.05) is 45.3 Å². The van der Waals surface area contributed by atoms with Crippen molar-refractivity contribution in [2.45, 2.75) is 56.4 Å². The minimum absolute atomic E-state index is 0.0741. The van der Waals surface area contributed by atoms with Gasteiger partial charge in [0.1, 0.15) is 0 Å². The Morgan fingerprint density at radius 3 is 2.21 bits per heavy atom. The number of nitrogens with one attached hydrogen (secondary N) is 1. The van der Waals surface area contributed by atoms with Crippen LogP contribution in [0.25, 0.3) is 0 Å². The van der Waals surface area contributed by atoms with Crippen molar-refractivity contribution in [3.8, 4) is 0 Å². The summed E-state index contributed by atoms with van der Waals surface area (Å²) in [4.78, 5) is 16.0. The van der Waals surface area contributed by atoms with Crippen molar-refractivity contribution in [3.05, 3.63) is 23.8 Å². The van der Waals surface area contributed by atoms with Gasteiger partial charge in [-0.3, -0.25) is 4.79 Å². The zero-order chi connectivity index (χ0) is 23.4. The Morgan fingerprint density at radius 2 is 1.67 bits per heavy atom. The van der Waals surface area contributed by atoms with E-state index in [0.29, 0.717) is 31.9 Å². The lowest BCUT2D eigenvalue weighted by Crippen LogP contribution is -2.55. The van der Waals surface area contributed by atoms with E-state index in [4.69, 9.17) is 4.74 Å². The van der Waals surface area contributed by atoms with E-state index in [9.17, 15) is 13.2 Å². The normalized spacial score (nSPS) is 32.2. The first-order valence-electron chi connectivity index (χ1n) is 12.4. The maximum atomic E-state index is 13.7. The first-order valence-corrected chi connectivity index (χ1v) is 13.8. The second-order valence-corrected chi connectivity index (χ2v) is 13.2. The molecular formula is C25H37N3O4S. The average molecular weight is 476 g/mol. The van der Waals surface area contributed by atoms with Crippen molar-refractivity contribution in [1.82, 2.24) is 9.62 Å². The Hall–Kier alpha value is -1.64. The number of carbonyl (C=O) groups excluding carboxylic acids is 1. The smallest absolute Gasteiger partial charge is 0.253 e. The van der Waals surface area contributed by atoms with Crippen molar-refractivity contribution in [3.63, 3.8) is 0 Å². The molecule has 1 atom stereocenters. The summed E-state index contributed by atoms with van der Waals surface area (Å²) in [7, 11) is -0.608. The lowest BCUT2D eigenvalue weighted by Gasteiger charge is -2.59. The highest BCUT2D eigenvalue weighted by atomic mass is 32.2. The number of hydrogen-bond acceptors (Lipinski definition) is 5. The van der Waals surface area contributed by atoms with Gasteiger partial charge in [-0.2, -0.15) is 0 Å². The number of nitrogens with zero attached hydrogens (tertiary/aromatic N) is 2. The predicted octanol–water partition coefficient (Wildman–Crippen LogP) is 3.11. The van der Waals surface area contributed by atoms with E-state index in [-0.39, 0.29) is 22.3 Å². The molecule has 8 heteroatoms. The van der Waals surface area contributed by atoms with Crippen LogP contribution in [0.2, 0.25) is 0 Å². The third-order valence-corrected chi connectivity index (χ3v) is 10.5. The predicted molar refractivity (Wildman–Crippen MR) is 128 cm³/mol. The fourth-order valence-electron chi connectivity index (χ4n) is 7.28. The molecule has 0 spiro atoms. The highest BCUT2D eigenvalue weighted by molar-refractivity contribution is 7.89. The minimum Gasteiger partial charge on any atom is -0.378 e. The summed E-state index contributed by atoms with van der Waals surface area (Å²) in [5.74, 6) is 2.27. The molecule has 1 amide bonds.